The number of ether oxygens (including phenoxy) is 2. The maximum absolute atomic E-state index is 13.2. The molecule has 1 aliphatic rings. The third-order valence-corrected chi connectivity index (χ3v) is 16.9. The second-order valence-corrected chi connectivity index (χ2v) is 24.6. The molecule has 0 aliphatic carbocycles. The molecule has 0 spiro atoms. The predicted molar refractivity (Wildman–Crippen MR) is 339 cm³/mol. The Bertz CT molecular complexity index is 1410. The zero-order valence-electron chi connectivity index (χ0n) is 52.8. The average molecular weight is 1150 g/mol. The van der Waals surface area contributed by atoms with Gasteiger partial charge in [0.15, 0.2) is 6.29 Å². The number of carbonyl (C=O) groups excluding carboxylic acids is 1. The van der Waals surface area contributed by atoms with Gasteiger partial charge in [0.1, 0.15) is 36.6 Å². The molecule has 1 aliphatic heterocycles. The van der Waals surface area contributed by atoms with Crippen molar-refractivity contribution in [2.75, 3.05) is 13.2 Å². The van der Waals surface area contributed by atoms with E-state index in [0.29, 0.717) is 19.3 Å². The number of carbonyl (C=O) groups is 1. The average Bonchev–Trinajstić information content (AvgIpc) is 3.49. The summed E-state index contributed by atoms with van der Waals surface area (Å²) in [7, 11) is 0. The van der Waals surface area contributed by atoms with Crippen LogP contribution in [-0.4, -0.2) is 110 Å². The molecule has 478 valence electrons. The lowest BCUT2D eigenvalue weighted by atomic mass is 9.98. The molecular weight excluding hydrogens is 1010 g/mol. The van der Waals surface area contributed by atoms with Crippen LogP contribution >= 0.6 is 0 Å². The van der Waals surface area contributed by atoms with Crippen molar-refractivity contribution < 1.29 is 50.0 Å². The van der Waals surface area contributed by atoms with E-state index in [0.717, 1.165) is 38.5 Å². The van der Waals surface area contributed by atoms with Crippen LogP contribution < -0.4 is 5.32 Å². The van der Waals surface area contributed by atoms with E-state index in [1.807, 2.05) is 0 Å². The molecular formula is C70H133NO10. The summed E-state index contributed by atoms with van der Waals surface area (Å²) in [5.74, 6) is -0.706. The fourth-order valence-corrected chi connectivity index (χ4v) is 11.3. The minimum atomic E-state index is -1.67. The highest BCUT2D eigenvalue weighted by Crippen LogP contribution is 2.24. The number of hydrogen-bond donors (Lipinski definition) is 8. The quantitative estimate of drug-likeness (QED) is 0.0215. The predicted octanol–water partition coefficient (Wildman–Crippen LogP) is 16.6. The van der Waals surface area contributed by atoms with E-state index in [1.165, 1.54) is 250 Å². The first-order chi connectivity index (χ1) is 39.7. The van der Waals surface area contributed by atoms with Gasteiger partial charge in [-0.25, -0.2) is 0 Å². The zero-order valence-corrected chi connectivity index (χ0v) is 52.8. The molecule has 1 amide bonds. The minimum Gasteiger partial charge on any atom is -0.394 e. The normalized spacial score (nSPS) is 19.3. The largest absolute Gasteiger partial charge is 0.394 e. The van der Waals surface area contributed by atoms with Crippen molar-refractivity contribution in [3.8, 4) is 0 Å². The topological polar surface area (TPSA) is 189 Å². The minimum absolute atomic E-state index is 0.247. The summed E-state index contributed by atoms with van der Waals surface area (Å²) in [5, 5.41) is 76.3. The van der Waals surface area contributed by atoms with Gasteiger partial charge in [0, 0.05) is 0 Å². The molecule has 1 heterocycles. The Balaban J connectivity index is 2.16. The first-order valence-corrected chi connectivity index (χ1v) is 34.9. The molecule has 0 bridgehead atoms. The third-order valence-electron chi connectivity index (χ3n) is 16.9. The molecule has 9 atom stereocenters. The number of rotatable bonds is 61. The Morgan fingerprint density at radius 3 is 1.10 bits per heavy atom. The molecule has 0 aromatic heterocycles. The second-order valence-electron chi connectivity index (χ2n) is 24.6. The fraction of sp³-hybridized carbons (Fsp3) is 0.900. The molecule has 0 saturated carbocycles. The lowest BCUT2D eigenvalue weighted by Gasteiger charge is -2.40. The molecule has 11 heteroatoms. The SMILES string of the molecule is CCCCCCCCCCC/C=C/CC/C=C/CCCC(O)C(O)C(COC1OC(CO)C(O)C(O)C1O)NC(=O)C(O)CCCCCCCCCCCCCCCCCC/C=C\CCCCCCCCCCCCCCCCCC. The molecule has 1 rings (SSSR count). The highest BCUT2D eigenvalue weighted by molar-refractivity contribution is 5.80. The third kappa shape index (κ3) is 46.3. The number of aliphatic hydroxyl groups excluding tert-OH is 7. The Morgan fingerprint density at radius 2 is 0.741 bits per heavy atom. The van der Waals surface area contributed by atoms with E-state index in [1.54, 1.807) is 0 Å². The summed E-state index contributed by atoms with van der Waals surface area (Å²) in [4.78, 5) is 13.2. The Labute approximate surface area is 498 Å². The smallest absolute Gasteiger partial charge is 0.249 e. The Hall–Kier alpha value is -1.67. The molecule has 0 aromatic carbocycles. The van der Waals surface area contributed by atoms with Gasteiger partial charge in [0.25, 0.3) is 0 Å². The van der Waals surface area contributed by atoms with Crippen LogP contribution in [0.3, 0.4) is 0 Å². The molecule has 0 aromatic rings. The summed E-state index contributed by atoms with van der Waals surface area (Å²) in [6.45, 7) is 3.47. The summed E-state index contributed by atoms with van der Waals surface area (Å²) in [6.07, 6.45) is 63.9. The van der Waals surface area contributed by atoms with Gasteiger partial charge in [-0.3, -0.25) is 4.79 Å². The van der Waals surface area contributed by atoms with Crippen molar-refractivity contribution in [2.24, 2.45) is 0 Å². The molecule has 81 heavy (non-hydrogen) atoms. The van der Waals surface area contributed by atoms with Crippen LogP contribution in [0.1, 0.15) is 335 Å². The van der Waals surface area contributed by atoms with Crippen molar-refractivity contribution >= 4 is 5.91 Å². The van der Waals surface area contributed by atoms with Crippen LogP contribution in [0.5, 0.6) is 0 Å². The summed E-state index contributed by atoms with van der Waals surface area (Å²) in [6, 6.07) is -1.19. The van der Waals surface area contributed by atoms with Gasteiger partial charge in [0.2, 0.25) is 5.91 Å². The van der Waals surface area contributed by atoms with Crippen LogP contribution in [0.25, 0.3) is 0 Å². The van der Waals surface area contributed by atoms with E-state index in [4.69, 9.17) is 9.47 Å². The monoisotopic (exact) mass is 1150 g/mol. The first-order valence-electron chi connectivity index (χ1n) is 34.9. The Kier molecular flexibility index (Phi) is 56.0. The van der Waals surface area contributed by atoms with Gasteiger partial charge in [-0.05, 0) is 77.0 Å². The number of nitrogens with one attached hydrogen (secondary N) is 1. The van der Waals surface area contributed by atoms with Crippen molar-refractivity contribution in [3.63, 3.8) is 0 Å². The van der Waals surface area contributed by atoms with Gasteiger partial charge in [-0.15, -0.1) is 0 Å². The van der Waals surface area contributed by atoms with Gasteiger partial charge >= 0.3 is 0 Å². The van der Waals surface area contributed by atoms with Gasteiger partial charge in [0.05, 0.1) is 25.4 Å². The van der Waals surface area contributed by atoms with Gasteiger partial charge < -0.3 is 50.5 Å². The first kappa shape index (κ1) is 77.3. The van der Waals surface area contributed by atoms with E-state index < -0.39 is 74.2 Å². The summed E-state index contributed by atoms with van der Waals surface area (Å²) in [5.41, 5.74) is 0. The van der Waals surface area contributed by atoms with Crippen LogP contribution in [-0.2, 0) is 14.3 Å². The van der Waals surface area contributed by atoms with Crippen molar-refractivity contribution in [2.45, 2.75) is 390 Å². The standard InChI is InChI=1S/C70H133NO10/c1-3-5-7-9-11-13-15-17-19-21-23-24-25-26-27-28-29-30-31-32-33-34-35-36-37-38-39-40-42-44-46-48-50-52-54-56-58-63(74)69(79)71-61(60-80-70-68(78)67(77)66(76)64(59-72)81-70)65(75)62(73)57-55-53-51-49-47-45-43-41-22-20-18-16-14-12-10-8-6-4-2/h30-31,41,43,49,51,61-68,70,72-78H,3-29,32-40,42,44-48,50,52-60H2,1-2H3,(H,71,79)/b31-30-,43-41+,51-49+. The molecule has 1 fully saturated rings. The van der Waals surface area contributed by atoms with Crippen molar-refractivity contribution in [1.29, 1.82) is 0 Å². The number of hydrogen-bond acceptors (Lipinski definition) is 10. The summed E-state index contributed by atoms with van der Waals surface area (Å²) < 4.78 is 11.2. The van der Waals surface area contributed by atoms with Gasteiger partial charge in [-0.1, -0.05) is 294 Å². The van der Waals surface area contributed by atoms with Crippen LogP contribution in [0.15, 0.2) is 36.5 Å². The summed E-state index contributed by atoms with van der Waals surface area (Å²) >= 11 is 0. The molecule has 11 nitrogen and oxygen atoms in total. The maximum Gasteiger partial charge on any atom is 0.249 e. The van der Waals surface area contributed by atoms with Crippen LogP contribution in [0.2, 0.25) is 0 Å². The van der Waals surface area contributed by atoms with E-state index >= 15 is 0 Å². The number of allylic oxidation sites excluding steroid dienone is 6. The van der Waals surface area contributed by atoms with E-state index in [9.17, 15) is 40.5 Å². The molecule has 8 N–H and O–H groups in total. The maximum atomic E-state index is 13.2. The van der Waals surface area contributed by atoms with Crippen molar-refractivity contribution in [1.82, 2.24) is 5.32 Å². The van der Waals surface area contributed by atoms with E-state index in [-0.39, 0.29) is 12.8 Å². The lowest BCUT2D eigenvalue weighted by Crippen LogP contribution is -2.60. The molecule has 1 saturated heterocycles. The Morgan fingerprint density at radius 1 is 0.420 bits per heavy atom. The van der Waals surface area contributed by atoms with Crippen LogP contribution in [0.4, 0.5) is 0 Å². The number of aliphatic hydroxyl groups is 7. The lowest BCUT2D eigenvalue weighted by molar-refractivity contribution is -0.303. The number of amides is 1. The van der Waals surface area contributed by atoms with Gasteiger partial charge in [-0.2, -0.15) is 0 Å². The highest BCUT2D eigenvalue weighted by Gasteiger charge is 2.44. The van der Waals surface area contributed by atoms with Crippen molar-refractivity contribution in [3.05, 3.63) is 36.5 Å². The van der Waals surface area contributed by atoms with E-state index in [2.05, 4.69) is 55.6 Å². The van der Waals surface area contributed by atoms with Crippen LogP contribution in [0, 0.1) is 0 Å². The molecule has 0 radical (unpaired) electrons. The zero-order chi connectivity index (χ0) is 58.9. The second kappa shape index (κ2) is 58.7. The highest BCUT2D eigenvalue weighted by atomic mass is 16.7. The molecule has 9 unspecified atom stereocenters. The fourth-order valence-electron chi connectivity index (χ4n) is 11.3. The number of unbranched alkanes of at least 4 members (excludes halogenated alkanes) is 43.